The van der Waals surface area contributed by atoms with Crippen LogP contribution in [0.5, 0.6) is 0 Å². The molecule has 0 N–H and O–H groups in total. The van der Waals surface area contributed by atoms with Gasteiger partial charge in [0.25, 0.3) is 0 Å². The summed E-state index contributed by atoms with van der Waals surface area (Å²) in [6, 6.07) is 18.6. The van der Waals surface area contributed by atoms with Crippen LogP contribution in [-0.2, 0) is 0 Å². The molecule has 3 rings (SSSR count). The van der Waals surface area contributed by atoms with E-state index in [1.54, 1.807) is 6.20 Å². The Hall–Kier alpha value is -1.15. The second-order valence-corrected chi connectivity index (χ2v) is 7.87. The van der Waals surface area contributed by atoms with Gasteiger partial charge in [-0.15, -0.1) is 0 Å². The van der Waals surface area contributed by atoms with Crippen molar-refractivity contribution >= 4 is 41.1 Å². The second kappa shape index (κ2) is 6.53. The molecule has 0 saturated carbocycles. The number of aliphatic imine (C=N–C) groups is 1. The van der Waals surface area contributed by atoms with Crippen molar-refractivity contribution in [2.75, 3.05) is 0 Å². The Balaban J connectivity index is 1.91. The normalized spacial score (nSPS) is 22.2. The monoisotopic (exact) mass is 392 g/mol. The van der Waals surface area contributed by atoms with Crippen LogP contribution in [0.15, 0.2) is 76.3 Å². The Morgan fingerprint density at radius 1 is 1.15 bits per heavy atom. The van der Waals surface area contributed by atoms with Crippen molar-refractivity contribution in [3.63, 3.8) is 0 Å². The van der Waals surface area contributed by atoms with Crippen molar-refractivity contribution in [2.45, 2.75) is 11.2 Å². The first-order valence-corrected chi connectivity index (χ1v) is 9.02. The van der Waals surface area contributed by atoms with Gasteiger partial charge in [0.1, 0.15) is 0 Å². The van der Waals surface area contributed by atoms with Crippen molar-refractivity contribution < 1.29 is 1.37 Å². The van der Waals surface area contributed by atoms with E-state index in [1.165, 1.54) is 4.46 Å². The van der Waals surface area contributed by atoms with Crippen LogP contribution < -0.4 is 4.46 Å². The van der Waals surface area contributed by atoms with Gasteiger partial charge in [-0.3, -0.25) is 0 Å². The van der Waals surface area contributed by atoms with Crippen molar-refractivity contribution in [1.82, 2.24) is 0 Å². The van der Waals surface area contributed by atoms with E-state index in [4.69, 9.17) is 1.37 Å². The number of allylic oxidation sites excluding steroid dienone is 1. The van der Waals surface area contributed by atoms with Gasteiger partial charge in [0.15, 0.2) is 0 Å². The Kier molecular flexibility index (Phi) is 4.11. The molecule has 2 unspecified atom stereocenters. The zero-order valence-corrected chi connectivity index (χ0v) is 14.0. The van der Waals surface area contributed by atoms with Crippen LogP contribution in [0.3, 0.4) is 0 Å². The molecular weight excluding hydrogens is 377 g/mol. The SMILES string of the molecule is [2H]C1C=CN=C(c2ccccc2)C1[Se]c1cccc(Br)c1. The zero-order valence-electron chi connectivity index (χ0n) is 11.7. The molecule has 3 heteroatoms. The molecule has 0 radical (unpaired) electrons. The maximum atomic E-state index is 8.35. The minimum atomic E-state index is -0.225. The van der Waals surface area contributed by atoms with Gasteiger partial charge in [0.2, 0.25) is 0 Å². The van der Waals surface area contributed by atoms with Crippen LogP contribution in [0.1, 0.15) is 13.3 Å². The molecule has 0 aromatic heterocycles. The van der Waals surface area contributed by atoms with Crippen LogP contribution in [0.2, 0.25) is 4.82 Å². The van der Waals surface area contributed by atoms with Gasteiger partial charge in [-0.05, 0) is 0 Å². The average molecular weight is 392 g/mol. The van der Waals surface area contributed by atoms with Crippen LogP contribution >= 0.6 is 15.9 Å². The van der Waals surface area contributed by atoms with E-state index in [9.17, 15) is 0 Å². The summed E-state index contributed by atoms with van der Waals surface area (Å²) in [5, 5.41) is 0. The van der Waals surface area contributed by atoms with Crippen molar-refractivity contribution in [3.05, 3.63) is 76.9 Å². The summed E-state index contributed by atoms with van der Waals surface area (Å²) >= 11 is 3.70. The molecule has 2 aromatic rings. The summed E-state index contributed by atoms with van der Waals surface area (Å²) in [6.45, 7) is 0. The summed E-state index contributed by atoms with van der Waals surface area (Å²) in [5.41, 5.74) is 2.17. The molecule has 1 aliphatic rings. The van der Waals surface area contributed by atoms with E-state index in [0.29, 0.717) is 0 Å². The molecule has 0 aliphatic carbocycles. The van der Waals surface area contributed by atoms with Gasteiger partial charge in [0, 0.05) is 0 Å². The molecule has 0 fully saturated rings. The number of rotatable bonds is 3. The third-order valence-electron chi connectivity index (χ3n) is 2.98. The van der Waals surface area contributed by atoms with Crippen molar-refractivity contribution in [1.29, 1.82) is 0 Å². The molecular formula is C17H14BrNSe. The summed E-state index contributed by atoms with van der Waals surface area (Å²) < 4.78 is 10.7. The molecule has 0 amide bonds. The number of halogens is 1. The fraction of sp³-hybridized carbons (Fsp3) is 0.118. The molecule has 2 aromatic carbocycles. The number of nitrogens with zero attached hydrogens (tertiary/aromatic N) is 1. The van der Waals surface area contributed by atoms with Crippen LogP contribution in [0.25, 0.3) is 0 Å². The molecule has 0 bridgehead atoms. The molecule has 2 atom stereocenters. The van der Waals surface area contributed by atoms with E-state index >= 15 is 0 Å². The molecule has 1 nitrogen and oxygen atoms in total. The Labute approximate surface area is 135 Å². The van der Waals surface area contributed by atoms with Gasteiger partial charge >= 0.3 is 136 Å². The minimum absolute atomic E-state index is 0.152. The molecule has 0 saturated heterocycles. The summed E-state index contributed by atoms with van der Waals surface area (Å²) in [7, 11) is 0. The van der Waals surface area contributed by atoms with Crippen molar-refractivity contribution in [3.8, 4) is 0 Å². The Morgan fingerprint density at radius 3 is 2.80 bits per heavy atom. The summed E-state index contributed by atoms with van der Waals surface area (Å²) in [6.07, 6.45) is 3.43. The Morgan fingerprint density at radius 2 is 2.00 bits per heavy atom. The standard InChI is InChI=1S/C17H14BrNSe/c18-14-8-4-9-15(12-14)20-16-10-5-11-19-17(16)13-6-2-1-3-7-13/h1-9,11-12,16H,10H2/i10D. The van der Waals surface area contributed by atoms with Gasteiger partial charge in [0.05, 0.1) is 0 Å². The number of hydrogen-bond donors (Lipinski definition) is 0. The first-order valence-electron chi connectivity index (χ1n) is 6.96. The van der Waals surface area contributed by atoms with E-state index in [1.807, 2.05) is 30.3 Å². The predicted molar refractivity (Wildman–Crippen MR) is 90.0 cm³/mol. The zero-order chi connectivity index (χ0) is 14.7. The topological polar surface area (TPSA) is 12.4 Å². The second-order valence-electron chi connectivity index (χ2n) is 4.41. The van der Waals surface area contributed by atoms with Crippen LogP contribution in [0, 0.1) is 0 Å². The number of benzene rings is 2. The van der Waals surface area contributed by atoms with Gasteiger partial charge in [-0.25, -0.2) is 0 Å². The molecule has 1 heterocycles. The first kappa shape index (κ1) is 12.6. The van der Waals surface area contributed by atoms with E-state index in [-0.39, 0.29) is 26.2 Å². The Bertz CT molecular complexity index is 684. The quantitative estimate of drug-likeness (QED) is 0.702. The average Bonchev–Trinajstić information content (AvgIpc) is 2.50. The van der Waals surface area contributed by atoms with E-state index in [0.717, 1.165) is 15.7 Å². The third-order valence-corrected chi connectivity index (χ3v) is 5.91. The fourth-order valence-electron chi connectivity index (χ4n) is 2.07. The van der Waals surface area contributed by atoms with E-state index < -0.39 is 0 Å². The van der Waals surface area contributed by atoms with Gasteiger partial charge in [-0.2, -0.15) is 0 Å². The van der Waals surface area contributed by atoms with Gasteiger partial charge in [-0.1, -0.05) is 0 Å². The van der Waals surface area contributed by atoms with E-state index in [2.05, 4.69) is 51.3 Å². The fourth-order valence-corrected chi connectivity index (χ4v) is 5.17. The molecule has 100 valence electrons. The summed E-state index contributed by atoms with van der Waals surface area (Å²) in [5.74, 6) is 0. The first-order chi connectivity index (χ1) is 10.2. The maximum absolute atomic E-state index is 8.35. The van der Waals surface area contributed by atoms with Gasteiger partial charge < -0.3 is 0 Å². The molecule has 0 spiro atoms. The third kappa shape index (κ3) is 3.29. The molecule has 20 heavy (non-hydrogen) atoms. The number of hydrogen-bond acceptors (Lipinski definition) is 1. The van der Waals surface area contributed by atoms with Crippen LogP contribution in [0.4, 0.5) is 0 Å². The predicted octanol–water partition coefficient (Wildman–Crippen LogP) is 3.97. The molecule has 1 aliphatic heterocycles. The van der Waals surface area contributed by atoms with Crippen molar-refractivity contribution in [2.24, 2.45) is 4.99 Å². The van der Waals surface area contributed by atoms with Crippen LogP contribution in [-0.4, -0.2) is 20.7 Å². The summed E-state index contributed by atoms with van der Waals surface area (Å²) in [4.78, 5) is 4.72.